The van der Waals surface area contributed by atoms with Gasteiger partial charge < -0.3 is 4.90 Å². The highest BCUT2D eigenvalue weighted by Gasteiger charge is 2.14. The van der Waals surface area contributed by atoms with Gasteiger partial charge in [0.2, 0.25) is 10.0 Å². The van der Waals surface area contributed by atoms with Crippen molar-refractivity contribution in [3.63, 3.8) is 0 Å². The molecule has 0 fully saturated rings. The fourth-order valence-corrected chi connectivity index (χ4v) is 2.82. The molecule has 6 nitrogen and oxygen atoms in total. The maximum atomic E-state index is 11.3. The zero-order valence-corrected chi connectivity index (χ0v) is 13.4. The van der Waals surface area contributed by atoms with Crippen molar-refractivity contribution in [3.05, 3.63) is 72.9 Å². The first-order valence-corrected chi connectivity index (χ1v) is 8.39. The van der Waals surface area contributed by atoms with Crippen LogP contribution in [0.25, 0.3) is 5.57 Å². The van der Waals surface area contributed by atoms with Crippen molar-refractivity contribution in [3.8, 4) is 0 Å². The Kier molecular flexibility index (Phi) is 3.67. The zero-order valence-electron chi connectivity index (χ0n) is 12.5. The molecule has 0 unspecified atom stereocenters. The Morgan fingerprint density at radius 1 is 1.17 bits per heavy atom. The lowest BCUT2D eigenvalue weighted by molar-refractivity contribution is 0.598. The Morgan fingerprint density at radius 2 is 1.87 bits per heavy atom. The van der Waals surface area contributed by atoms with Crippen molar-refractivity contribution in [2.45, 2.75) is 4.90 Å². The van der Waals surface area contributed by atoms with Crippen molar-refractivity contribution in [2.24, 2.45) is 12.2 Å². The lowest BCUT2D eigenvalue weighted by atomic mass is 10.1. The van der Waals surface area contributed by atoms with E-state index in [0.717, 1.165) is 22.5 Å². The van der Waals surface area contributed by atoms with Crippen molar-refractivity contribution in [1.82, 2.24) is 9.78 Å². The summed E-state index contributed by atoms with van der Waals surface area (Å²) < 4.78 is 24.4. The standard InChI is InChI=1S/C16H16N4O2S/c1-12-3-4-13(14-9-18-19(2)10-14)11-20(12)15-5-7-16(8-6-15)23(17,21)22/h3-11H,1H2,2H3,(H2,17,21,22). The molecule has 3 rings (SSSR count). The molecule has 1 aliphatic heterocycles. The lowest BCUT2D eigenvalue weighted by Gasteiger charge is -2.25. The molecule has 0 atom stereocenters. The molecule has 2 N–H and O–H groups in total. The summed E-state index contributed by atoms with van der Waals surface area (Å²) in [7, 11) is -1.84. The van der Waals surface area contributed by atoms with Crippen LogP contribution in [-0.4, -0.2) is 18.2 Å². The van der Waals surface area contributed by atoms with Gasteiger partial charge in [0, 0.05) is 42.0 Å². The van der Waals surface area contributed by atoms with E-state index >= 15 is 0 Å². The van der Waals surface area contributed by atoms with Gasteiger partial charge in [-0.05, 0) is 30.3 Å². The van der Waals surface area contributed by atoms with E-state index in [9.17, 15) is 8.42 Å². The second kappa shape index (κ2) is 5.53. The fourth-order valence-electron chi connectivity index (χ4n) is 2.31. The molecule has 1 aliphatic rings. The summed E-state index contributed by atoms with van der Waals surface area (Å²) in [4.78, 5) is 1.96. The normalized spacial score (nSPS) is 15.0. The summed E-state index contributed by atoms with van der Waals surface area (Å²) >= 11 is 0. The molecule has 2 heterocycles. The number of hydrogen-bond acceptors (Lipinski definition) is 4. The number of anilines is 1. The minimum Gasteiger partial charge on any atom is -0.317 e. The molecular formula is C16H16N4O2S. The molecular weight excluding hydrogens is 312 g/mol. The van der Waals surface area contributed by atoms with Crippen LogP contribution in [0.1, 0.15) is 5.56 Å². The second-order valence-electron chi connectivity index (χ2n) is 5.22. The Bertz CT molecular complexity index is 921. The number of nitrogens with two attached hydrogens (primary N) is 1. The van der Waals surface area contributed by atoms with Gasteiger partial charge in [-0.2, -0.15) is 5.10 Å². The molecule has 118 valence electrons. The van der Waals surface area contributed by atoms with Crippen molar-refractivity contribution < 1.29 is 8.42 Å². The van der Waals surface area contributed by atoms with Crippen LogP contribution >= 0.6 is 0 Å². The first-order chi connectivity index (χ1) is 10.8. The first-order valence-electron chi connectivity index (χ1n) is 6.84. The molecule has 7 heteroatoms. The number of aryl methyl sites for hydroxylation is 1. The molecule has 1 aromatic carbocycles. The molecule has 2 aromatic rings. The van der Waals surface area contributed by atoms with Gasteiger partial charge in [0.25, 0.3) is 0 Å². The summed E-state index contributed by atoms with van der Waals surface area (Å²) in [6, 6.07) is 6.35. The van der Waals surface area contributed by atoms with E-state index in [0.29, 0.717) is 0 Å². The van der Waals surface area contributed by atoms with Crippen LogP contribution in [0, 0.1) is 0 Å². The number of primary sulfonamides is 1. The van der Waals surface area contributed by atoms with Gasteiger partial charge in [-0.1, -0.05) is 12.7 Å². The van der Waals surface area contributed by atoms with Crippen molar-refractivity contribution in [2.75, 3.05) is 4.90 Å². The van der Waals surface area contributed by atoms with Crippen LogP contribution in [0.4, 0.5) is 5.69 Å². The van der Waals surface area contributed by atoms with E-state index < -0.39 is 10.0 Å². The first kappa shape index (κ1) is 15.3. The summed E-state index contributed by atoms with van der Waals surface area (Å²) in [5.74, 6) is 0. The van der Waals surface area contributed by atoms with Crippen LogP contribution in [0.5, 0.6) is 0 Å². The molecule has 1 aromatic heterocycles. The predicted molar refractivity (Wildman–Crippen MR) is 89.8 cm³/mol. The largest absolute Gasteiger partial charge is 0.317 e. The second-order valence-corrected chi connectivity index (χ2v) is 6.78. The number of rotatable bonds is 3. The maximum Gasteiger partial charge on any atom is 0.238 e. The molecule has 0 bridgehead atoms. The van der Waals surface area contributed by atoms with Gasteiger partial charge in [-0.25, -0.2) is 13.6 Å². The lowest BCUT2D eigenvalue weighted by Crippen LogP contribution is -2.17. The molecule has 0 spiro atoms. The fraction of sp³-hybridized carbons (Fsp3) is 0.0625. The topological polar surface area (TPSA) is 81.2 Å². The van der Waals surface area contributed by atoms with E-state index in [2.05, 4.69) is 11.7 Å². The van der Waals surface area contributed by atoms with Gasteiger partial charge in [0.1, 0.15) is 0 Å². The van der Waals surface area contributed by atoms with Crippen LogP contribution in [0.2, 0.25) is 0 Å². The van der Waals surface area contributed by atoms with Gasteiger partial charge >= 0.3 is 0 Å². The van der Waals surface area contributed by atoms with E-state index in [-0.39, 0.29) is 4.90 Å². The Balaban J connectivity index is 1.96. The number of allylic oxidation sites excluding steroid dienone is 3. The third-order valence-electron chi connectivity index (χ3n) is 3.51. The van der Waals surface area contributed by atoms with Gasteiger partial charge in [-0.15, -0.1) is 0 Å². The van der Waals surface area contributed by atoms with Gasteiger partial charge in [0.15, 0.2) is 0 Å². The number of nitrogens with zero attached hydrogens (tertiary/aromatic N) is 3. The molecule has 0 saturated carbocycles. The minimum atomic E-state index is -3.70. The molecule has 0 saturated heterocycles. The van der Waals surface area contributed by atoms with Crippen molar-refractivity contribution >= 4 is 21.3 Å². The average Bonchev–Trinajstić information content (AvgIpc) is 2.94. The van der Waals surface area contributed by atoms with Gasteiger partial charge in [0.05, 0.1) is 11.1 Å². The van der Waals surface area contributed by atoms with E-state index in [4.69, 9.17) is 5.14 Å². The third-order valence-corrected chi connectivity index (χ3v) is 4.44. The highest BCUT2D eigenvalue weighted by molar-refractivity contribution is 7.89. The number of hydrogen-bond donors (Lipinski definition) is 1. The average molecular weight is 328 g/mol. The smallest absolute Gasteiger partial charge is 0.238 e. The van der Waals surface area contributed by atoms with E-state index in [1.165, 1.54) is 12.1 Å². The van der Waals surface area contributed by atoms with Gasteiger partial charge in [-0.3, -0.25) is 4.68 Å². The van der Waals surface area contributed by atoms with E-state index in [1.807, 2.05) is 36.5 Å². The Hall–Kier alpha value is -2.64. The monoisotopic (exact) mass is 328 g/mol. The van der Waals surface area contributed by atoms with Crippen LogP contribution in [0.15, 0.2) is 72.2 Å². The van der Waals surface area contributed by atoms with Crippen LogP contribution in [-0.2, 0) is 17.1 Å². The van der Waals surface area contributed by atoms with Crippen LogP contribution < -0.4 is 10.0 Å². The predicted octanol–water partition coefficient (Wildman–Crippen LogP) is 2.00. The zero-order chi connectivity index (χ0) is 16.6. The van der Waals surface area contributed by atoms with E-state index in [1.54, 1.807) is 23.0 Å². The highest BCUT2D eigenvalue weighted by atomic mass is 32.2. The third kappa shape index (κ3) is 3.10. The molecule has 0 amide bonds. The molecule has 0 aliphatic carbocycles. The Morgan fingerprint density at radius 3 is 2.43 bits per heavy atom. The Labute approximate surface area is 134 Å². The summed E-state index contributed by atoms with van der Waals surface area (Å²) in [5, 5.41) is 9.29. The van der Waals surface area contributed by atoms with Crippen LogP contribution in [0.3, 0.4) is 0 Å². The summed E-state index contributed by atoms with van der Waals surface area (Å²) in [6.07, 6.45) is 9.51. The molecule has 23 heavy (non-hydrogen) atoms. The van der Waals surface area contributed by atoms with Crippen molar-refractivity contribution in [1.29, 1.82) is 0 Å². The number of aromatic nitrogens is 2. The quantitative estimate of drug-likeness (QED) is 0.934. The SMILES string of the molecule is C=C1C=CC(c2cnn(C)c2)=CN1c1ccc(S(N)(=O)=O)cc1. The molecule has 0 radical (unpaired) electrons. The minimum absolute atomic E-state index is 0.0795. The maximum absolute atomic E-state index is 11.3. The summed E-state index contributed by atoms with van der Waals surface area (Å²) in [6.45, 7) is 4.01. The number of sulfonamides is 1. The highest BCUT2D eigenvalue weighted by Crippen LogP contribution is 2.29. The summed E-state index contributed by atoms with van der Waals surface area (Å²) in [5.41, 5.74) is 3.55. The number of benzene rings is 1.